The molecule has 0 radical (unpaired) electrons. The summed E-state index contributed by atoms with van der Waals surface area (Å²) in [6.07, 6.45) is 1.94. The predicted molar refractivity (Wildman–Crippen MR) is 79.8 cm³/mol. The molecule has 0 saturated heterocycles. The molecule has 1 aromatic carbocycles. The molecule has 2 rings (SSSR count). The number of carbonyl (C=O) groups excluding carboxylic acids is 1. The van der Waals surface area contributed by atoms with E-state index >= 15 is 0 Å². The standard InChI is InChI=1S/C14H15NO2S2/c1-18-12-7-8-19-13(12)14(17)15-11(9-16)10-5-3-2-4-6-10/h2-8,11,16H,9H2,1H3,(H,15,17)/t11-/m1/s1. The summed E-state index contributed by atoms with van der Waals surface area (Å²) in [5, 5.41) is 14.2. The average molecular weight is 293 g/mol. The quantitative estimate of drug-likeness (QED) is 0.833. The number of aliphatic hydroxyl groups is 1. The maximum absolute atomic E-state index is 12.2. The summed E-state index contributed by atoms with van der Waals surface area (Å²) in [6.45, 7) is -0.115. The monoisotopic (exact) mass is 293 g/mol. The molecular formula is C14H15NO2S2. The molecule has 3 nitrogen and oxygen atoms in total. The van der Waals surface area contributed by atoms with Crippen molar-refractivity contribution < 1.29 is 9.90 Å². The summed E-state index contributed by atoms with van der Waals surface area (Å²) in [4.78, 5) is 13.9. The second kappa shape index (κ2) is 6.75. The second-order valence-corrected chi connectivity index (χ2v) is 5.70. The Labute approximate surface area is 120 Å². The van der Waals surface area contributed by atoms with E-state index in [0.717, 1.165) is 10.5 Å². The maximum Gasteiger partial charge on any atom is 0.263 e. The van der Waals surface area contributed by atoms with Gasteiger partial charge in [0.2, 0.25) is 0 Å². The van der Waals surface area contributed by atoms with Crippen molar-refractivity contribution in [3.63, 3.8) is 0 Å². The fourth-order valence-electron chi connectivity index (χ4n) is 1.77. The molecule has 0 aliphatic heterocycles. The van der Waals surface area contributed by atoms with Crippen LogP contribution in [0.1, 0.15) is 21.3 Å². The van der Waals surface area contributed by atoms with Crippen LogP contribution in [0.5, 0.6) is 0 Å². The van der Waals surface area contributed by atoms with E-state index in [1.54, 1.807) is 11.8 Å². The Morgan fingerprint density at radius 1 is 1.37 bits per heavy atom. The highest BCUT2D eigenvalue weighted by atomic mass is 32.2. The molecule has 5 heteroatoms. The van der Waals surface area contributed by atoms with Gasteiger partial charge in [0.1, 0.15) is 4.88 Å². The molecule has 0 spiro atoms. The molecule has 1 amide bonds. The van der Waals surface area contributed by atoms with E-state index in [1.807, 2.05) is 48.0 Å². The third kappa shape index (κ3) is 3.37. The van der Waals surface area contributed by atoms with Crippen LogP contribution in [0.25, 0.3) is 0 Å². The Morgan fingerprint density at radius 2 is 2.11 bits per heavy atom. The summed E-state index contributed by atoms with van der Waals surface area (Å²) < 4.78 is 0. The SMILES string of the molecule is CSc1ccsc1C(=O)N[C@H](CO)c1ccccc1. The molecule has 1 aromatic heterocycles. The third-order valence-electron chi connectivity index (χ3n) is 2.75. The van der Waals surface area contributed by atoms with Gasteiger partial charge in [0, 0.05) is 4.90 Å². The Morgan fingerprint density at radius 3 is 2.74 bits per heavy atom. The number of hydrogen-bond donors (Lipinski definition) is 2. The number of amides is 1. The Bertz CT molecular complexity index is 539. The van der Waals surface area contributed by atoms with Crippen LogP contribution in [-0.4, -0.2) is 23.9 Å². The molecule has 0 saturated carbocycles. The van der Waals surface area contributed by atoms with Crippen LogP contribution in [0.4, 0.5) is 0 Å². The van der Waals surface area contributed by atoms with Crippen molar-refractivity contribution in [2.75, 3.05) is 12.9 Å². The highest BCUT2D eigenvalue weighted by Gasteiger charge is 2.17. The Kier molecular flexibility index (Phi) is 5.01. The van der Waals surface area contributed by atoms with Crippen LogP contribution in [0, 0.1) is 0 Å². The topological polar surface area (TPSA) is 49.3 Å². The number of aliphatic hydroxyl groups excluding tert-OH is 1. The molecule has 19 heavy (non-hydrogen) atoms. The lowest BCUT2D eigenvalue weighted by Crippen LogP contribution is -2.30. The van der Waals surface area contributed by atoms with Crippen molar-refractivity contribution in [3.05, 3.63) is 52.2 Å². The summed E-state index contributed by atoms with van der Waals surface area (Å²) >= 11 is 2.96. The lowest BCUT2D eigenvalue weighted by Gasteiger charge is -2.16. The highest BCUT2D eigenvalue weighted by Crippen LogP contribution is 2.26. The first-order valence-corrected chi connectivity index (χ1v) is 7.95. The minimum absolute atomic E-state index is 0.115. The number of rotatable bonds is 5. The Hall–Kier alpha value is -1.30. The van der Waals surface area contributed by atoms with E-state index in [-0.39, 0.29) is 18.6 Å². The van der Waals surface area contributed by atoms with E-state index in [9.17, 15) is 9.90 Å². The zero-order valence-corrected chi connectivity index (χ0v) is 12.1. The number of hydrogen-bond acceptors (Lipinski definition) is 4. The minimum Gasteiger partial charge on any atom is -0.394 e. The molecule has 0 fully saturated rings. The van der Waals surface area contributed by atoms with Crippen LogP contribution in [0.2, 0.25) is 0 Å². The summed E-state index contributed by atoms with van der Waals surface area (Å²) in [6, 6.07) is 11.0. The Balaban J connectivity index is 2.13. The van der Waals surface area contributed by atoms with Gasteiger partial charge in [-0.3, -0.25) is 4.79 Å². The fraction of sp³-hybridized carbons (Fsp3) is 0.214. The smallest absolute Gasteiger partial charge is 0.263 e. The molecule has 2 aromatic rings. The average Bonchev–Trinajstić information content (AvgIpc) is 2.94. The van der Waals surface area contributed by atoms with Gasteiger partial charge in [0.05, 0.1) is 12.6 Å². The molecule has 0 aliphatic rings. The van der Waals surface area contributed by atoms with Gasteiger partial charge in [-0.2, -0.15) is 0 Å². The van der Waals surface area contributed by atoms with Gasteiger partial charge in [-0.05, 0) is 23.3 Å². The van der Waals surface area contributed by atoms with Crippen molar-refractivity contribution in [2.45, 2.75) is 10.9 Å². The van der Waals surface area contributed by atoms with Gasteiger partial charge in [0.25, 0.3) is 5.91 Å². The normalized spacial score (nSPS) is 12.1. The minimum atomic E-state index is -0.370. The van der Waals surface area contributed by atoms with E-state index in [4.69, 9.17) is 0 Å². The summed E-state index contributed by atoms with van der Waals surface area (Å²) in [5.41, 5.74) is 0.903. The zero-order chi connectivity index (χ0) is 13.7. The maximum atomic E-state index is 12.2. The van der Waals surface area contributed by atoms with Crippen LogP contribution in [0.3, 0.4) is 0 Å². The van der Waals surface area contributed by atoms with Gasteiger partial charge in [-0.1, -0.05) is 30.3 Å². The molecule has 2 N–H and O–H groups in total. The molecule has 0 unspecified atom stereocenters. The van der Waals surface area contributed by atoms with Crippen LogP contribution >= 0.6 is 23.1 Å². The van der Waals surface area contributed by atoms with Crippen LogP contribution < -0.4 is 5.32 Å². The molecule has 0 aliphatic carbocycles. The highest BCUT2D eigenvalue weighted by molar-refractivity contribution is 7.98. The molecule has 1 atom stereocenters. The van der Waals surface area contributed by atoms with E-state index in [0.29, 0.717) is 4.88 Å². The van der Waals surface area contributed by atoms with E-state index < -0.39 is 0 Å². The predicted octanol–water partition coefficient (Wildman–Crippen LogP) is 2.93. The third-order valence-corrected chi connectivity index (χ3v) is 4.57. The number of thiophene rings is 1. The van der Waals surface area contributed by atoms with Gasteiger partial charge < -0.3 is 10.4 Å². The van der Waals surface area contributed by atoms with Crippen molar-refractivity contribution in [1.82, 2.24) is 5.32 Å². The molecule has 1 heterocycles. The van der Waals surface area contributed by atoms with Crippen molar-refractivity contribution in [3.8, 4) is 0 Å². The van der Waals surface area contributed by atoms with Crippen molar-refractivity contribution in [1.29, 1.82) is 0 Å². The summed E-state index contributed by atoms with van der Waals surface area (Å²) in [7, 11) is 0. The fourth-order valence-corrected chi connectivity index (χ4v) is 3.42. The lowest BCUT2D eigenvalue weighted by molar-refractivity contribution is 0.0917. The van der Waals surface area contributed by atoms with Crippen molar-refractivity contribution in [2.24, 2.45) is 0 Å². The van der Waals surface area contributed by atoms with Gasteiger partial charge in [0.15, 0.2) is 0 Å². The van der Waals surface area contributed by atoms with Gasteiger partial charge in [-0.15, -0.1) is 23.1 Å². The van der Waals surface area contributed by atoms with Gasteiger partial charge >= 0.3 is 0 Å². The largest absolute Gasteiger partial charge is 0.394 e. The van der Waals surface area contributed by atoms with Crippen LogP contribution in [0.15, 0.2) is 46.7 Å². The number of benzene rings is 1. The van der Waals surface area contributed by atoms with Crippen LogP contribution in [-0.2, 0) is 0 Å². The number of carbonyl (C=O) groups is 1. The van der Waals surface area contributed by atoms with Gasteiger partial charge in [-0.25, -0.2) is 0 Å². The first-order valence-electron chi connectivity index (χ1n) is 5.84. The molecule has 0 bridgehead atoms. The first kappa shape index (κ1) is 14.1. The zero-order valence-electron chi connectivity index (χ0n) is 10.5. The van der Waals surface area contributed by atoms with E-state index in [1.165, 1.54) is 11.3 Å². The first-order chi connectivity index (χ1) is 9.26. The molecule has 100 valence electrons. The number of thioether (sulfide) groups is 1. The number of nitrogens with one attached hydrogen (secondary N) is 1. The van der Waals surface area contributed by atoms with Crippen molar-refractivity contribution >= 4 is 29.0 Å². The molecular weight excluding hydrogens is 278 g/mol. The summed E-state index contributed by atoms with van der Waals surface area (Å²) in [5.74, 6) is -0.137. The lowest BCUT2D eigenvalue weighted by atomic mass is 10.1. The second-order valence-electron chi connectivity index (χ2n) is 3.94. The van der Waals surface area contributed by atoms with E-state index in [2.05, 4.69) is 5.32 Å².